The minimum atomic E-state index is -0.0669. The van der Waals surface area contributed by atoms with E-state index in [-0.39, 0.29) is 17.4 Å². The lowest BCUT2D eigenvalue weighted by atomic mass is 9.87. The summed E-state index contributed by atoms with van der Waals surface area (Å²) >= 11 is 0. The molecule has 2 rings (SSSR count). The van der Waals surface area contributed by atoms with Crippen LogP contribution in [0.4, 0.5) is 4.79 Å². The van der Waals surface area contributed by atoms with Crippen LogP contribution in [-0.4, -0.2) is 61.1 Å². The number of piperazine rings is 1. The standard InChI is InChI=1S/C20H31N3O3/c1-16(24)22-11-13-23(14-12-22)19(25)21-10-5-15-26-18-8-6-17(7-9-18)20(2,3)4/h6-9H,5,10-15H2,1-4H3,(H,21,25). The molecule has 6 heteroatoms. The van der Waals surface area contributed by atoms with Crippen LogP contribution in [0.15, 0.2) is 24.3 Å². The van der Waals surface area contributed by atoms with Gasteiger partial charge in [-0.25, -0.2) is 4.79 Å². The van der Waals surface area contributed by atoms with Crippen molar-refractivity contribution >= 4 is 11.9 Å². The largest absolute Gasteiger partial charge is 0.494 e. The van der Waals surface area contributed by atoms with Crippen LogP contribution in [0.2, 0.25) is 0 Å². The molecule has 1 aromatic rings. The van der Waals surface area contributed by atoms with Crippen molar-refractivity contribution in [1.82, 2.24) is 15.1 Å². The van der Waals surface area contributed by atoms with Crippen molar-refractivity contribution in [2.24, 2.45) is 0 Å². The fourth-order valence-electron chi connectivity index (χ4n) is 2.84. The molecule has 1 N–H and O–H groups in total. The monoisotopic (exact) mass is 361 g/mol. The number of carbonyl (C=O) groups is 2. The maximum absolute atomic E-state index is 12.1. The first-order chi connectivity index (χ1) is 12.3. The second-order valence-corrected chi connectivity index (χ2v) is 7.70. The Labute approximate surface area is 156 Å². The highest BCUT2D eigenvalue weighted by Gasteiger charge is 2.21. The molecule has 1 saturated heterocycles. The SMILES string of the molecule is CC(=O)N1CCN(C(=O)NCCCOc2ccc(C(C)(C)C)cc2)CC1. The summed E-state index contributed by atoms with van der Waals surface area (Å²) in [5.74, 6) is 0.919. The lowest BCUT2D eigenvalue weighted by Crippen LogP contribution is -2.52. The minimum absolute atomic E-state index is 0.0669. The van der Waals surface area contributed by atoms with Gasteiger partial charge in [0.25, 0.3) is 0 Å². The van der Waals surface area contributed by atoms with E-state index in [4.69, 9.17) is 4.74 Å². The minimum Gasteiger partial charge on any atom is -0.494 e. The molecule has 1 heterocycles. The Hall–Kier alpha value is -2.24. The third kappa shape index (κ3) is 5.93. The van der Waals surface area contributed by atoms with Crippen molar-refractivity contribution in [2.75, 3.05) is 39.3 Å². The van der Waals surface area contributed by atoms with Gasteiger partial charge in [0.2, 0.25) is 5.91 Å². The molecule has 1 aliphatic rings. The van der Waals surface area contributed by atoms with E-state index in [1.807, 2.05) is 12.1 Å². The second-order valence-electron chi connectivity index (χ2n) is 7.70. The first-order valence-corrected chi connectivity index (χ1v) is 9.29. The van der Waals surface area contributed by atoms with Gasteiger partial charge in [0.1, 0.15) is 5.75 Å². The van der Waals surface area contributed by atoms with Crippen LogP contribution in [0, 0.1) is 0 Å². The Balaban J connectivity index is 1.62. The zero-order chi connectivity index (χ0) is 19.2. The summed E-state index contributed by atoms with van der Waals surface area (Å²) in [7, 11) is 0. The lowest BCUT2D eigenvalue weighted by molar-refractivity contribution is -0.130. The topological polar surface area (TPSA) is 61.9 Å². The van der Waals surface area contributed by atoms with E-state index in [1.54, 1.807) is 16.7 Å². The predicted molar refractivity (Wildman–Crippen MR) is 102 cm³/mol. The molecule has 0 bridgehead atoms. The van der Waals surface area contributed by atoms with Gasteiger partial charge >= 0.3 is 6.03 Å². The third-order valence-corrected chi connectivity index (χ3v) is 4.60. The molecule has 0 aliphatic carbocycles. The van der Waals surface area contributed by atoms with Gasteiger partial charge in [-0.3, -0.25) is 4.79 Å². The molecule has 0 aromatic heterocycles. The normalized spacial score (nSPS) is 14.9. The molecular weight excluding hydrogens is 330 g/mol. The summed E-state index contributed by atoms with van der Waals surface area (Å²) in [6.45, 7) is 11.6. The van der Waals surface area contributed by atoms with Crippen LogP contribution in [0.5, 0.6) is 5.75 Å². The van der Waals surface area contributed by atoms with Crippen LogP contribution in [0.3, 0.4) is 0 Å². The highest BCUT2D eigenvalue weighted by atomic mass is 16.5. The molecule has 0 atom stereocenters. The molecular formula is C20H31N3O3. The van der Waals surface area contributed by atoms with Crippen molar-refractivity contribution in [3.8, 4) is 5.75 Å². The van der Waals surface area contributed by atoms with Gasteiger partial charge in [-0.05, 0) is 29.5 Å². The molecule has 26 heavy (non-hydrogen) atoms. The number of nitrogens with one attached hydrogen (secondary N) is 1. The Morgan fingerprint density at radius 2 is 1.62 bits per heavy atom. The predicted octanol–water partition coefficient (Wildman–Crippen LogP) is 2.63. The van der Waals surface area contributed by atoms with Gasteiger partial charge in [-0.1, -0.05) is 32.9 Å². The Morgan fingerprint density at radius 3 is 2.15 bits per heavy atom. The fourth-order valence-corrected chi connectivity index (χ4v) is 2.84. The van der Waals surface area contributed by atoms with Gasteiger partial charge in [-0.2, -0.15) is 0 Å². The van der Waals surface area contributed by atoms with Crippen molar-refractivity contribution in [3.63, 3.8) is 0 Å². The molecule has 144 valence electrons. The van der Waals surface area contributed by atoms with Crippen molar-refractivity contribution in [2.45, 2.75) is 39.5 Å². The summed E-state index contributed by atoms with van der Waals surface area (Å²) < 4.78 is 5.73. The number of nitrogens with zero attached hydrogens (tertiary/aromatic N) is 2. The van der Waals surface area contributed by atoms with Crippen LogP contribution in [0.25, 0.3) is 0 Å². The van der Waals surface area contributed by atoms with E-state index in [1.165, 1.54) is 5.56 Å². The van der Waals surface area contributed by atoms with E-state index in [9.17, 15) is 9.59 Å². The number of carbonyl (C=O) groups excluding carboxylic acids is 2. The van der Waals surface area contributed by atoms with Crippen LogP contribution in [-0.2, 0) is 10.2 Å². The van der Waals surface area contributed by atoms with Crippen molar-refractivity contribution in [3.05, 3.63) is 29.8 Å². The van der Waals surface area contributed by atoms with E-state index >= 15 is 0 Å². The van der Waals surface area contributed by atoms with Crippen LogP contribution in [0.1, 0.15) is 39.7 Å². The van der Waals surface area contributed by atoms with E-state index in [0.717, 1.165) is 12.2 Å². The summed E-state index contributed by atoms with van der Waals surface area (Å²) in [5.41, 5.74) is 1.42. The Morgan fingerprint density at radius 1 is 1.04 bits per heavy atom. The number of urea groups is 1. The number of rotatable bonds is 5. The molecule has 0 saturated carbocycles. The molecule has 1 aromatic carbocycles. The quantitative estimate of drug-likeness (QED) is 0.820. The molecule has 1 fully saturated rings. The van der Waals surface area contributed by atoms with Gasteiger partial charge in [0.05, 0.1) is 6.61 Å². The van der Waals surface area contributed by atoms with E-state index < -0.39 is 0 Å². The molecule has 0 spiro atoms. The summed E-state index contributed by atoms with van der Waals surface area (Å²) in [4.78, 5) is 26.9. The molecule has 0 radical (unpaired) electrons. The number of hydrogen-bond donors (Lipinski definition) is 1. The van der Waals surface area contributed by atoms with E-state index in [2.05, 4.69) is 38.2 Å². The maximum Gasteiger partial charge on any atom is 0.317 e. The zero-order valence-corrected chi connectivity index (χ0v) is 16.4. The maximum atomic E-state index is 12.1. The Kier molecular flexibility index (Phi) is 6.89. The fraction of sp³-hybridized carbons (Fsp3) is 0.600. The third-order valence-electron chi connectivity index (χ3n) is 4.60. The number of benzene rings is 1. The van der Waals surface area contributed by atoms with Gasteiger partial charge in [-0.15, -0.1) is 0 Å². The highest BCUT2D eigenvalue weighted by molar-refractivity contribution is 5.76. The molecule has 3 amide bonds. The average molecular weight is 361 g/mol. The van der Waals surface area contributed by atoms with Crippen LogP contribution < -0.4 is 10.1 Å². The van der Waals surface area contributed by atoms with Crippen molar-refractivity contribution < 1.29 is 14.3 Å². The van der Waals surface area contributed by atoms with Gasteiger partial charge < -0.3 is 19.9 Å². The summed E-state index contributed by atoms with van der Waals surface area (Å²) in [6.07, 6.45) is 0.750. The first-order valence-electron chi connectivity index (χ1n) is 9.29. The Bertz CT molecular complexity index is 600. The molecule has 0 unspecified atom stereocenters. The second kappa shape index (κ2) is 8.92. The summed E-state index contributed by atoms with van der Waals surface area (Å²) in [6, 6.07) is 8.11. The highest BCUT2D eigenvalue weighted by Crippen LogP contribution is 2.24. The number of amides is 3. The molecule has 6 nitrogen and oxygen atoms in total. The van der Waals surface area contributed by atoms with Gasteiger partial charge in [0, 0.05) is 39.6 Å². The molecule has 1 aliphatic heterocycles. The number of hydrogen-bond acceptors (Lipinski definition) is 3. The lowest BCUT2D eigenvalue weighted by Gasteiger charge is -2.34. The van der Waals surface area contributed by atoms with Crippen molar-refractivity contribution in [1.29, 1.82) is 0 Å². The zero-order valence-electron chi connectivity index (χ0n) is 16.4. The van der Waals surface area contributed by atoms with E-state index in [0.29, 0.717) is 39.3 Å². The average Bonchev–Trinajstić information content (AvgIpc) is 2.61. The number of ether oxygens (including phenoxy) is 1. The summed E-state index contributed by atoms with van der Waals surface area (Å²) in [5, 5.41) is 2.92. The smallest absolute Gasteiger partial charge is 0.317 e. The van der Waals surface area contributed by atoms with Crippen LogP contribution >= 0.6 is 0 Å². The van der Waals surface area contributed by atoms with Gasteiger partial charge in [0.15, 0.2) is 0 Å². The first kappa shape index (κ1) is 20.1.